The van der Waals surface area contributed by atoms with Crippen LogP contribution in [0.1, 0.15) is 28.5 Å². The Kier molecular flexibility index (Phi) is 4.16. The molecule has 0 spiro atoms. The summed E-state index contributed by atoms with van der Waals surface area (Å²) in [5.41, 5.74) is 4.58. The van der Waals surface area contributed by atoms with Gasteiger partial charge in [0.25, 0.3) is 5.91 Å². The number of carbonyl (C=O) groups is 1. The molecule has 0 saturated carbocycles. The van der Waals surface area contributed by atoms with Gasteiger partial charge in [-0.2, -0.15) is 0 Å². The minimum absolute atomic E-state index is 0.0341. The Morgan fingerprint density at radius 2 is 2.12 bits per heavy atom. The van der Waals surface area contributed by atoms with Crippen molar-refractivity contribution in [2.24, 2.45) is 0 Å². The van der Waals surface area contributed by atoms with Crippen LogP contribution in [0.15, 0.2) is 48.7 Å². The lowest BCUT2D eigenvalue weighted by molar-refractivity contribution is 0.0830. The fourth-order valence-electron chi connectivity index (χ4n) is 2.90. The van der Waals surface area contributed by atoms with Crippen LogP contribution in [0.2, 0.25) is 0 Å². The molecule has 2 aromatic rings. The standard InChI is InChI=1S/C19H19N3O2/c1-5-13(6-2)22-11-16-18(19(22)23)12(3)10-15(20-16)14-8-7-9-17(21-14)24-4/h5-10H,1,11H2,2-4H3/b13-6+. The van der Waals surface area contributed by atoms with Crippen LogP contribution < -0.4 is 4.74 Å². The molecule has 1 aliphatic rings. The van der Waals surface area contributed by atoms with Crippen molar-refractivity contribution in [1.82, 2.24) is 14.9 Å². The second kappa shape index (κ2) is 6.28. The maximum Gasteiger partial charge on any atom is 0.260 e. The second-order valence-electron chi connectivity index (χ2n) is 5.52. The van der Waals surface area contributed by atoms with Crippen molar-refractivity contribution in [1.29, 1.82) is 0 Å². The lowest BCUT2D eigenvalue weighted by Crippen LogP contribution is -2.22. The van der Waals surface area contributed by atoms with Gasteiger partial charge >= 0.3 is 0 Å². The molecule has 0 N–H and O–H groups in total. The van der Waals surface area contributed by atoms with Gasteiger partial charge in [0.15, 0.2) is 0 Å². The maximum atomic E-state index is 12.7. The molecule has 0 aromatic carbocycles. The zero-order valence-corrected chi connectivity index (χ0v) is 14.0. The third-order valence-electron chi connectivity index (χ3n) is 4.07. The summed E-state index contributed by atoms with van der Waals surface area (Å²) >= 11 is 0. The summed E-state index contributed by atoms with van der Waals surface area (Å²) in [7, 11) is 1.58. The minimum atomic E-state index is -0.0341. The monoisotopic (exact) mass is 321 g/mol. The molecule has 0 unspecified atom stereocenters. The number of amides is 1. The van der Waals surface area contributed by atoms with Gasteiger partial charge < -0.3 is 9.64 Å². The van der Waals surface area contributed by atoms with Gasteiger partial charge in [0.05, 0.1) is 36.3 Å². The maximum absolute atomic E-state index is 12.7. The molecule has 0 fully saturated rings. The first-order valence-corrected chi connectivity index (χ1v) is 7.71. The number of hydrogen-bond donors (Lipinski definition) is 0. The molecule has 0 aliphatic carbocycles. The average Bonchev–Trinajstić information content (AvgIpc) is 2.93. The van der Waals surface area contributed by atoms with Crippen molar-refractivity contribution < 1.29 is 9.53 Å². The van der Waals surface area contributed by atoms with Gasteiger partial charge in [-0.05, 0) is 37.6 Å². The second-order valence-corrected chi connectivity index (χ2v) is 5.52. The van der Waals surface area contributed by atoms with E-state index in [-0.39, 0.29) is 5.91 Å². The minimum Gasteiger partial charge on any atom is -0.481 e. The Hall–Kier alpha value is -2.95. The number of allylic oxidation sites excluding steroid dienone is 2. The van der Waals surface area contributed by atoms with E-state index < -0.39 is 0 Å². The number of methoxy groups -OCH3 is 1. The highest BCUT2D eigenvalue weighted by Gasteiger charge is 2.32. The molecule has 0 radical (unpaired) electrons. The number of fused-ring (bicyclic) bond motifs is 1. The number of aromatic nitrogens is 2. The first-order valence-electron chi connectivity index (χ1n) is 7.71. The Bertz CT molecular complexity index is 856. The van der Waals surface area contributed by atoms with Crippen molar-refractivity contribution in [3.05, 3.63) is 65.5 Å². The van der Waals surface area contributed by atoms with E-state index in [1.54, 1.807) is 24.2 Å². The zero-order chi connectivity index (χ0) is 17.3. The summed E-state index contributed by atoms with van der Waals surface area (Å²) in [5.74, 6) is 0.501. The van der Waals surface area contributed by atoms with Crippen LogP contribution >= 0.6 is 0 Å². The smallest absolute Gasteiger partial charge is 0.260 e. The zero-order valence-electron chi connectivity index (χ0n) is 14.0. The van der Waals surface area contributed by atoms with E-state index in [1.165, 1.54) is 0 Å². The quantitative estimate of drug-likeness (QED) is 0.809. The summed E-state index contributed by atoms with van der Waals surface area (Å²) in [5, 5.41) is 0. The van der Waals surface area contributed by atoms with Crippen molar-refractivity contribution in [2.45, 2.75) is 20.4 Å². The normalized spacial score (nSPS) is 13.9. The van der Waals surface area contributed by atoms with E-state index in [0.29, 0.717) is 18.0 Å². The van der Waals surface area contributed by atoms with Crippen molar-refractivity contribution >= 4 is 5.91 Å². The van der Waals surface area contributed by atoms with Crippen molar-refractivity contribution in [3.8, 4) is 17.3 Å². The fourth-order valence-corrected chi connectivity index (χ4v) is 2.90. The van der Waals surface area contributed by atoms with E-state index in [2.05, 4.69) is 16.5 Å². The van der Waals surface area contributed by atoms with Gasteiger partial charge in [0.2, 0.25) is 5.88 Å². The van der Waals surface area contributed by atoms with Crippen molar-refractivity contribution in [3.63, 3.8) is 0 Å². The van der Waals surface area contributed by atoms with Crippen LogP contribution in [0.3, 0.4) is 0 Å². The summed E-state index contributed by atoms with van der Waals surface area (Å²) in [6.07, 6.45) is 3.56. The molecular weight excluding hydrogens is 302 g/mol. The molecule has 0 atom stereocenters. The van der Waals surface area contributed by atoms with E-state index in [1.807, 2.05) is 38.1 Å². The molecule has 24 heavy (non-hydrogen) atoms. The SMILES string of the molecule is C=C/C(=C\C)N1Cc2nc(-c3cccc(OC)n3)cc(C)c2C1=O. The number of pyridine rings is 2. The summed E-state index contributed by atoms with van der Waals surface area (Å²) in [4.78, 5) is 23.5. The van der Waals surface area contributed by atoms with E-state index in [4.69, 9.17) is 4.74 Å². The predicted molar refractivity (Wildman–Crippen MR) is 92.6 cm³/mol. The summed E-state index contributed by atoms with van der Waals surface area (Å²) in [6.45, 7) is 8.03. The van der Waals surface area contributed by atoms with Gasteiger partial charge in [-0.1, -0.05) is 18.7 Å². The average molecular weight is 321 g/mol. The van der Waals surface area contributed by atoms with Gasteiger partial charge in [0, 0.05) is 11.8 Å². The van der Waals surface area contributed by atoms with Gasteiger partial charge in [-0.3, -0.25) is 4.79 Å². The fraction of sp³-hybridized carbons (Fsp3) is 0.211. The number of carbonyl (C=O) groups excluding carboxylic acids is 1. The number of ether oxygens (including phenoxy) is 1. The molecule has 0 bridgehead atoms. The number of hydrogen-bond acceptors (Lipinski definition) is 4. The molecule has 1 aliphatic heterocycles. The van der Waals surface area contributed by atoms with Crippen LogP contribution in [0.4, 0.5) is 0 Å². The van der Waals surface area contributed by atoms with Crippen LogP contribution in [0, 0.1) is 6.92 Å². The molecular formula is C19H19N3O2. The number of nitrogens with zero attached hydrogens (tertiary/aromatic N) is 3. The topological polar surface area (TPSA) is 55.3 Å². The van der Waals surface area contributed by atoms with E-state index in [0.717, 1.165) is 28.3 Å². The van der Waals surface area contributed by atoms with Crippen LogP contribution in [0.5, 0.6) is 5.88 Å². The van der Waals surface area contributed by atoms with Crippen LogP contribution in [0.25, 0.3) is 11.4 Å². The first kappa shape index (κ1) is 15.9. The Balaban J connectivity index is 2.06. The molecule has 5 heteroatoms. The molecule has 5 nitrogen and oxygen atoms in total. The van der Waals surface area contributed by atoms with Gasteiger partial charge in [-0.25, -0.2) is 9.97 Å². The van der Waals surface area contributed by atoms with Gasteiger partial charge in [0.1, 0.15) is 0 Å². The van der Waals surface area contributed by atoms with E-state index in [9.17, 15) is 4.79 Å². The van der Waals surface area contributed by atoms with E-state index >= 15 is 0 Å². The summed E-state index contributed by atoms with van der Waals surface area (Å²) < 4.78 is 5.17. The van der Waals surface area contributed by atoms with Crippen LogP contribution in [-0.2, 0) is 6.54 Å². The third kappa shape index (κ3) is 2.58. The highest BCUT2D eigenvalue weighted by molar-refractivity contribution is 6.00. The molecule has 0 saturated heterocycles. The Morgan fingerprint density at radius 1 is 1.33 bits per heavy atom. The van der Waals surface area contributed by atoms with Crippen LogP contribution in [-0.4, -0.2) is 27.9 Å². The highest BCUT2D eigenvalue weighted by atomic mass is 16.5. The number of aryl methyl sites for hydroxylation is 1. The lowest BCUT2D eigenvalue weighted by Gasteiger charge is -2.15. The lowest BCUT2D eigenvalue weighted by atomic mass is 10.1. The first-order chi connectivity index (χ1) is 11.6. The predicted octanol–water partition coefficient (Wildman–Crippen LogP) is 3.51. The number of rotatable bonds is 4. The Morgan fingerprint density at radius 3 is 2.79 bits per heavy atom. The molecule has 1 amide bonds. The molecule has 3 rings (SSSR count). The summed E-state index contributed by atoms with van der Waals surface area (Å²) in [6, 6.07) is 7.44. The third-order valence-corrected chi connectivity index (χ3v) is 4.07. The Labute approximate surface area is 141 Å². The van der Waals surface area contributed by atoms with Gasteiger partial charge in [-0.15, -0.1) is 0 Å². The van der Waals surface area contributed by atoms with Crippen molar-refractivity contribution in [2.75, 3.05) is 7.11 Å². The largest absolute Gasteiger partial charge is 0.481 e. The molecule has 3 heterocycles. The highest BCUT2D eigenvalue weighted by Crippen LogP contribution is 2.30. The molecule has 122 valence electrons. The molecule has 2 aromatic heterocycles.